The minimum absolute atomic E-state index is 0.148. The summed E-state index contributed by atoms with van der Waals surface area (Å²) >= 11 is 1.49. The molecular formula is C21H27FN4O2S. The number of nitrogens with zero attached hydrogens (tertiary/aromatic N) is 3. The number of carbonyl (C=O) groups is 1. The van der Waals surface area contributed by atoms with E-state index in [4.69, 9.17) is 10.5 Å². The number of nitrogens with two attached hydrogens (primary N) is 1. The number of ether oxygens (including phenoxy) is 1. The Morgan fingerprint density at radius 2 is 2.17 bits per heavy atom. The number of thioether (sulfide) groups is 1. The number of primary amides is 1. The maximum absolute atomic E-state index is 13.9. The number of fused-ring (bicyclic) bond motifs is 2. The lowest BCUT2D eigenvalue weighted by molar-refractivity contribution is -0.117. The molecule has 4 rings (SSSR count). The molecule has 0 unspecified atom stereocenters. The minimum Gasteiger partial charge on any atom is -0.483 e. The van der Waals surface area contributed by atoms with Crippen LogP contribution in [0.4, 0.5) is 4.39 Å². The quantitative estimate of drug-likeness (QED) is 0.623. The van der Waals surface area contributed by atoms with E-state index in [1.165, 1.54) is 43.5 Å². The van der Waals surface area contributed by atoms with Crippen LogP contribution in [0.1, 0.15) is 50.9 Å². The van der Waals surface area contributed by atoms with Crippen LogP contribution in [0.15, 0.2) is 29.4 Å². The highest BCUT2D eigenvalue weighted by molar-refractivity contribution is 7.99. The Hall–Kier alpha value is -2.09. The van der Waals surface area contributed by atoms with Crippen LogP contribution in [0.3, 0.4) is 0 Å². The molecule has 4 atom stereocenters. The number of hydrogen-bond acceptors (Lipinski definition) is 5. The van der Waals surface area contributed by atoms with Gasteiger partial charge < -0.3 is 10.5 Å². The molecule has 1 aromatic carbocycles. The van der Waals surface area contributed by atoms with Gasteiger partial charge in [0, 0.05) is 18.2 Å². The van der Waals surface area contributed by atoms with Gasteiger partial charge in [0.2, 0.25) is 5.91 Å². The van der Waals surface area contributed by atoms with Crippen molar-refractivity contribution in [1.82, 2.24) is 14.8 Å². The van der Waals surface area contributed by atoms with E-state index in [0.717, 1.165) is 17.0 Å². The summed E-state index contributed by atoms with van der Waals surface area (Å²) in [5.41, 5.74) is 5.28. The topological polar surface area (TPSA) is 83.0 Å². The molecule has 1 amide bonds. The Bertz CT molecular complexity index is 874. The SMILES string of the molecule is C[C@H]([C@@H]1C[C@H]2CC[C@H]1C2)n1c(COc2ccccc2F)nnc1SCCC(N)=O. The monoisotopic (exact) mass is 418 g/mol. The largest absolute Gasteiger partial charge is 0.483 e. The summed E-state index contributed by atoms with van der Waals surface area (Å²) in [5, 5.41) is 9.47. The van der Waals surface area contributed by atoms with Crippen LogP contribution in [0, 0.1) is 23.6 Å². The number of hydrogen-bond donors (Lipinski definition) is 1. The molecule has 29 heavy (non-hydrogen) atoms. The van der Waals surface area contributed by atoms with Gasteiger partial charge in [-0.15, -0.1) is 10.2 Å². The fourth-order valence-electron chi connectivity index (χ4n) is 4.94. The summed E-state index contributed by atoms with van der Waals surface area (Å²) in [5.74, 6) is 2.92. The molecule has 2 aliphatic carbocycles. The Morgan fingerprint density at radius 1 is 1.34 bits per heavy atom. The molecule has 1 heterocycles. The third-order valence-corrected chi connectivity index (χ3v) is 7.27. The Labute approximate surface area is 174 Å². The second-order valence-corrected chi connectivity index (χ2v) is 9.19. The molecule has 2 bridgehead atoms. The van der Waals surface area contributed by atoms with Gasteiger partial charge in [0.05, 0.1) is 0 Å². The van der Waals surface area contributed by atoms with Crippen LogP contribution in [0.5, 0.6) is 5.75 Å². The van der Waals surface area contributed by atoms with Gasteiger partial charge in [-0.1, -0.05) is 30.3 Å². The van der Waals surface area contributed by atoms with E-state index in [0.29, 0.717) is 23.9 Å². The number of amides is 1. The Kier molecular flexibility index (Phi) is 6.08. The molecule has 0 saturated heterocycles. The molecule has 156 valence electrons. The minimum atomic E-state index is -0.393. The van der Waals surface area contributed by atoms with Crippen molar-refractivity contribution in [1.29, 1.82) is 0 Å². The zero-order chi connectivity index (χ0) is 20.4. The second-order valence-electron chi connectivity index (χ2n) is 8.13. The highest BCUT2D eigenvalue weighted by Crippen LogP contribution is 2.52. The normalized spacial score (nSPS) is 24.0. The first kappa shape index (κ1) is 20.2. The smallest absolute Gasteiger partial charge is 0.218 e. The van der Waals surface area contributed by atoms with Gasteiger partial charge in [-0.3, -0.25) is 9.36 Å². The predicted octanol–water partition coefficient (Wildman–Crippen LogP) is 3.96. The zero-order valence-corrected chi connectivity index (χ0v) is 17.4. The summed E-state index contributed by atoms with van der Waals surface area (Å²) in [6, 6.07) is 6.60. The first-order valence-corrected chi connectivity index (χ1v) is 11.2. The molecule has 1 aromatic heterocycles. The fourth-order valence-corrected chi connectivity index (χ4v) is 5.93. The van der Waals surface area contributed by atoms with Gasteiger partial charge in [-0.25, -0.2) is 4.39 Å². The summed E-state index contributed by atoms with van der Waals surface area (Å²) in [6.45, 7) is 2.37. The van der Waals surface area contributed by atoms with Crippen LogP contribution < -0.4 is 10.5 Å². The molecule has 8 heteroatoms. The lowest BCUT2D eigenvalue weighted by atomic mass is 9.84. The summed E-state index contributed by atoms with van der Waals surface area (Å²) in [4.78, 5) is 11.1. The van der Waals surface area contributed by atoms with Crippen molar-refractivity contribution in [3.8, 4) is 5.75 Å². The van der Waals surface area contributed by atoms with Crippen molar-refractivity contribution in [2.45, 2.75) is 56.8 Å². The van der Waals surface area contributed by atoms with Crippen molar-refractivity contribution >= 4 is 17.7 Å². The van der Waals surface area contributed by atoms with Crippen molar-refractivity contribution in [2.75, 3.05) is 5.75 Å². The van der Waals surface area contributed by atoms with Gasteiger partial charge in [0.15, 0.2) is 22.5 Å². The van der Waals surface area contributed by atoms with Gasteiger partial charge in [-0.2, -0.15) is 0 Å². The summed E-state index contributed by atoms with van der Waals surface area (Å²) < 4.78 is 21.8. The molecule has 2 saturated carbocycles. The highest BCUT2D eigenvalue weighted by atomic mass is 32.2. The molecule has 0 radical (unpaired) electrons. The summed E-state index contributed by atoms with van der Waals surface area (Å²) in [7, 11) is 0. The van der Waals surface area contributed by atoms with Crippen LogP contribution in [0.25, 0.3) is 0 Å². The molecule has 0 aliphatic heterocycles. The highest BCUT2D eigenvalue weighted by Gasteiger charge is 2.43. The second kappa shape index (κ2) is 8.73. The van der Waals surface area contributed by atoms with Crippen molar-refractivity contribution < 1.29 is 13.9 Å². The first-order chi connectivity index (χ1) is 14.0. The van der Waals surface area contributed by atoms with Crippen LogP contribution in [-0.2, 0) is 11.4 Å². The maximum Gasteiger partial charge on any atom is 0.218 e. The third kappa shape index (κ3) is 4.42. The maximum atomic E-state index is 13.9. The van der Waals surface area contributed by atoms with Crippen molar-refractivity contribution in [2.24, 2.45) is 23.5 Å². The van der Waals surface area contributed by atoms with Gasteiger partial charge in [-0.05, 0) is 56.1 Å². The fraction of sp³-hybridized carbons (Fsp3) is 0.571. The molecular weight excluding hydrogens is 391 g/mol. The van der Waals surface area contributed by atoms with E-state index in [2.05, 4.69) is 21.7 Å². The van der Waals surface area contributed by atoms with E-state index >= 15 is 0 Å². The number of rotatable bonds is 9. The number of carbonyl (C=O) groups excluding carboxylic acids is 1. The lowest BCUT2D eigenvalue weighted by Crippen LogP contribution is -2.24. The molecule has 2 N–H and O–H groups in total. The third-order valence-electron chi connectivity index (χ3n) is 6.33. The van der Waals surface area contributed by atoms with Gasteiger partial charge in [0.25, 0.3) is 0 Å². The van der Waals surface area contributed by atoms with Crippen LogP contribution >= 0.6 is 11.8 Å². The van der Waals surface area contributed by atoms with E-state index in [1.807, 2.05) is 0 Å². The van der Waals surface area contributed by atoms with Gasteiger partial charge >= 0.3 is 0 Å². The number of halogens is 1. The van der Waals surface area contributed by atoms with Crippen molar-refractivity contribution in [3.05, 3.63) is 35.9 Å². The Balaban J connectivity index is 1.54. The Morgan fingerprint density at radius 3 is 2.86 bits per heavy atom. The molecule has 6 nitrogen and oxygen atoms in total. The van der Waals surface area contributed by atoms with Crippen molar-refractivity contribution in [3.63, 3.8) is 0 Å². The number of para-hydroxylation sites is 1. The number of aromatic nitrogens is 3. The molecule has 2 aliphatic rings. The van der Waals surface area contributed by atoms with E-state index in [1.54, 1.807) is 18.2 Å². The standard InChI is InChI=1S/C21H27FN4O2S/c1-13(16-11-14-6-7-15(16)10-14)26-20(12-28-18-5-3-2-4-17(18)22)24-25-21(26)29-9-8-19(23)27/h2-5,13-16H,6-12H2,1H3,(H2,23,27)/t13-,14+,15+,16+/m1/s1. The average Bonchev–Trinajstić information content (AvgIpc) is 3.42. The van der Waals surface area contributed by atoms with E-state index in [9.17, 15) is 9.18 Å². The predicted molar refractivity (Wildman–Crippen MR) is 109 cm³/mol. The first-order valence-electron chi connectivity index (χ1n) is 10.2. The van der Waals surface area contributed by atoms with Gasteiger partial charge in [0.1, 0.15) is 6.61 Å². The van der Waals surface area contributed by atoms with Crippen LogP contribution in [-0.4, -0.2) is 26.4 Å². The summed E-state index contributed by atoms with van der Waals surface area (Å²) in [6.07, 6.45) is 5.50. The lowest BCUT2D eigenvalue weighted by Gasteiger charge is -2.30. The van der Waals surface area contributed by atoms with E-state index < -0.39 is 5.82 Å². The molecule has 2 fully saturated rings. The number of benzene rings is 1. The molecule has 0 spiro atoms. The van der Waals surface area contributed by atoms with Crippen LogP contribution in [0.2, 0.25) is 0 Å². The average molecular weight is 419 g/mol. The zero-order valence-electron chi connectivity index (χ0n) is 16.6. The van der Waals surface area contributed by atoms with E-state index in [-0.39, 0.29) is 24.3 Å². The molecule has 2 aromatic rings.